The number of nitrogens with zero attached hydrogens (tertiary/aromatic N) is 1. The van der Waals surface area contributed by atoms with E-state index in [1.54, 1.807) is 0 Å². The van der Waals surface area contributed by atoms with Crippen molar-refractivity contribution in [3.63, 3.8) is 0 Å². The van der Waals surface area contributed by atoms with E-state index in [-0.39, 0.29) is 5.41 Å². The molecule has 3 heteroatoms. The van der Waals surface area contributed by atoms with Gasteiger partial charge in [0.1, 0.15) is 0 Å². The fraction of sp³-hybridized carbons (Fsp3) is 0.613. The van der Waals surface area contributed by atoms with Gasteiger partial charge >= 0.3 is 0 Å². The molecule has 0 amide bonds. The lowest BCUT2D eigenvalue weighted by molar-refractivity contribution is -0.137. The molecule has 0 saturated carbocycles. The second kappa shape index (κ2) is 10.1. The maximum Gasteiger partial charge on any atom is 0.0706 e. The largest absolute Gasteiger partial charge is 0.373 e. The maximum absolute atomic E-state index is 7.06. The Morgan fingerprint density at radius 1 is 1.06 bits per heavy atom. The number of ether oxygens (including phenoxy) is 1. The Hall–Kier alpha value is -1.68. The standard InChI is InChI=1S/C31H44N2O/c1-31(2,3)24-15-18-28-27(19-24)30-26(29(32-28)23-13-9-6-10-14-23)17-16-25(34-30)21-33(4)20-22-11-7-5-8-12-22/h6-7,9-13,15,18-19,23,25-30,32H,5,8,14,16-17,20-21H2,1-4H3. The zero-order chi connectivity index (χ0) is 23.7. The first-order valence-corrected chi connectivity index (χ1v) is 13.6. The highest BCUT2D eigenvalue weighted by molar-refractivity contribution is 5.34. The van der Waals surface area contributed by atoms with Gasteiger partial charge in [-0.1, -0.05) is 81.5 Å². The number of rotatable bonds is 5. The summed E-state index contributed by atoms with van der Waals surface area (Å²) in [5, 5.41) is 4.08. The molecule has 2 heterocycles. The summed E-state index contributed by atoms with van der Waals surface area (Å²) in [6, 6.07) is 0.851. The van der Waals surface area contributed by atoms with Crippen LogP contribution in [0.2, 0.25) is 0 Å². The molecule has 5 rings (SSSR count). The van der Waals surface area contributed by atoms with Crippen LogP contribution >= 0.6 is 0 Å². The lowest BCUT2D eigenvalue weighted by atomic mass is 9.66. The van der Waals surface area contributed by atoms with Crippen LogP contribution < -0.4 is 5.32 Å². The number of hydrogen-bond acceptors (Lipinski definition) is 3. The predicted octanol–water partition coefficient (Wildman–Crippen LogP) is 5.99. The summed E-state index contributed by atoms with van der Waals surface area (Å²) in [5.74, 6) is 1.55. The van der Waals surface area contributed by atoms with Crippen molar-refractivity contribution < 1.29 is 4.74 Å². The molecular weight excluding hydrogens is 416 g/mol. The minimum atomic E-state index is 0.167. The Labute approximate surface area is 207 Å². The van der Waals surface area contributed by atoms with Gasteiger partial charge in [-0.15, -0.1) is 0 Å². The summed E-state index contributed by atoms with van der Waals surface area (Å²) >= 11 is 0. The second-order valence-corrected chi connectivity index (χ2v) is 12.2. The number of hydrogen-bond donors (Lipinski definition) is 1. The molecule has 3 aliphatic carbocycles. The first-order chi connectivity index (χ1) is 16.4. The molecule has 2 saturated heterocycles. The van der Waals surface area contributed by atoms with E-state index >= 15 is 0 Å². The van der Waals surface area contributed by atoms with Crippen LogP contribution in [0.25, 0.3) is 0 Å². The summed E-state index contributed by atoms with van der Waals surface area (Å²) in [7, 11) is 2.26. The van der Waals surface area contributed by atoms with Crippen molar-refractivity contribution in [3.8, 4) is 0 Å². The quantitative estimate of drug-likeness (QED) is 0.545. The molecule has 0 aromatic carbocycles. The van der Waals surface area contributed by atoms with E-state index in [0.29, 0.717) is 42.0 Å². The Morgan fingerprint density at radius 2 is 1.94 bits per heavy atom. The Morgan fingerprint density at radius 3 is 2.68 bits per heavy atom. The van der Waals surface area contributed by atoms with E-state index < -0.39 is 0 Å². The second-order valence-electron chi connectivity index (χ2n) is 12.2. The van der Waals surface area contributed by atoms with Gasteiger partial charge in [0, 0.05) is 37.0 Å². The minimum Gasteiger partial charge on any atom is -0.373 e. The highest BCUT2D eigenvalue weighted by Crippen LogP contribution is 2.44. The number of nitrogens with one attached hydrogen (secondary N) is 1. The van der Waals surface area contributed by atoms with E-state index in [4.69, 9.17) is 4.74 Å². The third kappa shape index (κ3) is 5.27. The lowest BCUT2D eigenvalue weighted by Gasteiger charge is -2.53. The van der Waals surface area contributed by atoms with Crippen LogP contribution in [0.1, 0.15) is 52.9 Å². The van der Waals surface area contributed by atoms with E-state index in [0.717, 1.165) is 25.9 Å². The van der Waals surface area contributed by atoms with Crippen molar-refractivity contribution in [1.82, 2.24) is 10.2 Å². The highest BCUT2D eigenvalue weighted by atomic mass is 16.5. The lowest BCUT2D eigenvalue weighted by Crippen LogP contribution is -2.63. The maximum atomic E-state index is 7.06. The molecule has 2 fully saturated rings. The molecule has 0 radical (unpaired) electrons. The number of fused-ring (bicyclic) bond motifs is 3. The average Bonchev–Trinajstić information content (AvgIpc) is 2.83. The van der Waals surface area contributed by atoms with Gasteiger partial charge in [-0.2, -0.15) is 0 Å². The van der Waals surface area contributed by atoms with Crippen LogP contribution in [0.4, 0.5) is 0 Å². The van der Waals surface area contributed by atoms with Gasteiger partial charge in [0.25, 0.3) is 0 Å². The average molecular weight is 461 g/mol. The summed E-state index contributed by atoms with van der Waals surface area (Å²) in [5.41, 5.74) is 3.07. The predicted molar refractivity (Wildman–Crippen MR) is 143 cm³/mol. The Bertz CT molecular complexity index is 914. The number of likely N-dealkylation sites (N-methyl/N-ethyl adjacent to an activating group) is 1. The van der Waals surface area contributed by atoms with Crippen LogP contribution in [0.5, 0.6) is 0 Å². The number of allylic oxidation sites excluding steroid dienone is 7. The summed E-state index contributed by atoms with van der Waals surface area (Å²) in [4.78, 5) is 2.47. The molecule has 0 aromatic rings. The Balaban J connectivity index is 1.33. The van der Waals surface area contributed by atoms with Crippen LogP contribution in [-0.4, -0.2) is 49.3 Å². The smallest absolute Gasteiger partial charge is 0.0706 e. The van der Waals surface area contributed by atoms with Crippen molar-refractivity contribution in [3.05, 3.63) is 71.9 Å². The van der Waals surface area contributed by atoms with Crippen LogP contribution in [0.15, 0.2) is 71.9 Å². The van der Waals surface area contributed by atoms with Crippen molar-refractivity contribution in [2.24, 2.45) is 23.2 Å². The molecule has 2 aliphatic heterocycles. The SMILES string of the molecule is CN(CC1=CCCC=C1)CC1CCC2C(C3C=CC=CC3)NC3C=CC(C(C)(C)C)=CC3C2O1. The van der Waals surface area contributed by atoms with Crippen molar-refractivity contribution in [2.75, 3.05) is 20.1 Å². The Kier molecular flexibility index (Phi) is 7.16. The molecule has 3 nitrogen and oxygen atoms in total. The van der Waals surface area contributed by atoms with Crippen molar-refractivity contribution in [1.29, 1.82) is 0 Å². The van der Waals surface area contributed by atoms with Gasteiger partial charge in [0.2, 0.25) is 0 Å². The molecular formula is C31H44N2O. The molecule has 184 valence electrons. The van der Waals surface area contributed by atoms with Crippen LogP contribution in [0, 0.1) is 23.2 Å². The molecule has 34 heavy (non-hydrogen) atoms. The van der Waals surface area contributed by atoms with Gasteiger partial charge in [0.15, 0.2) is 0 Å². The first-order valence-electron chi connectivity index (χ1n) is 13.6. The zero-order valence-electron chi connectivity index (χ0n) is 21.6. The number of piperidine rings is 1. The summed E-state index contributed by atoms with van der Waals surface area (Å²) < 4.78 is 7.06. The molecule has 7 atom stereocenters. The third-order valence-electron chi connectivity index (χ3n) is 8.47. The molecule has 0 bridgehead atoms. The summed E-state index contributed by atoms with van der Waals surface area (Å²) in [6.07, 6.45) is 30.1. The van der Waals surface area contributed by atoms with E-state index in [1.165, 1.54) is 30.4 Å². The van der Waals surface area contributed by atoms with Crippen LogP contribution in [0.3, 0.4) is 0 Å². The minimum absolute atomic E-state index is 0.167. The summed E-state index contributed by atoms with van der Waals surface area (Å²) in [6.45, 7) is 9.02. The molecule has 7 unspecified atom stereocenters. The molecule has 0 aromatic heterocycles. The van der Waals surface area contributed by atoms with Gasteiger partial charge < -0.3 is 10.1 Å². The normalized spacial score (nSPS) is 37.3. The van der Waals surface area contributed by atoms with Crippen molar-refractivity contribution in [2.45, 2.75) is 77.2 Å². The van der Waals surface area contributed by atoms with Gasteiger partial charge in [-0.3, -0.25) is 4.90 Å². The van der Waals surface area contributed by atoms with Crippen molar-refractivity contribution >= 4 is 0 Å². The molecule has 0 spiro atoms. The van der Waals surface area contributed by atoms with Gasteiger partial charge in [-0.25, -0.2) is 0 Å². The highest BCUT2D eigenvalue weighted by Gasteiger charge is 2.49. The fourth-order valence-electron chi connectivity index (χ4n) is 6.66. The van der Waals surface area contributed by atoms with Gasteiger partial charge in [0.05, 0.1) is 12.2 Å². The molecule has 5 aliphatic rings. The first kappa shape index (κ1) is 24.0. The fourth-order valence-corrected chi connectivity index (χ4v) is 6.66. The third-order valence-corrected chi connectivity index (χ3v) is 8.47. The molecule has 1 N–H and O–H groups in total. The van der Waals surface area contributed by atoms with E-state index in [2.05, 4.69) is 98.8 Å². The monoisotopic (exact) mass is 460 g/mol. The topological polar surface area (TPSA) is 24.5 Å². The van der Waals surface area contributed by atoms with Crippen LogP contribution in [-0.2, 0) is 4.74 Å². The van der Waals surface area contributed by atoms with E-state index in [1.807, 2.05) is 0 Å². The van der Waals surface area contributed by atoms with E-state index in [9.17, 15) is 0 Å². The zero-order valence-corrected chi connectivity index (χ0v) is 21.6. The van der Waals surface area contributed by atoms with Gasteiger partial charge in [-0.05, 0) is 61.6 Å².